The minimum absolute atomic E-state index is 0.0105. The zero-order chi connectivity index (χ0) is 43.8. The molecule has 4 N–H and O–H groups in total. The average molecular weight is 841 g/mol. The van der Waals surface area contributed by atoms with E-state index in [1.807, 2.05) is 6.92 Å². The van der Waals surface area contributed by atoms with E-state index in [4.69, 9.17) is 24.3 Å². The Morgan fingerprint density at radius 3 is 1.98 bits per heavy atom. The van der Waals surface area contributed by atoms with Crippen LogP contribution in [-0.4, -0.2) is 78.7 Å². The zero-order valence-electron chi connectivity index (χ0n) is 34.9. The molecule has 1 aromatic carbocycles. The lowest BCUT2D eigenvalue weighted by atomic mass is 9.98. The quantitative estimate of drug-likeness (QED) is 0.0623. The lowest BCUT2D eigenvalue weighted by Gasteiger charge is -2.31. The van der Waals surface area contributed by atoms with Gasteiger partial charge in [0, 0.05) is 30.6 Å². The monoisotopic (exact) mass is 840 g/mol. The molecule has 4 amide bonds. The first-order chi connectivity index (χ1) is 26.8. The number of ether oxygens (including phenoxy) is 2. The summed E-state index contributed by atoms with van der Waals surface area (Å²) in [4.78, 5) is 77.7. The van der Waals surface area contributed by atoms with Crippen LogP contribution < -0.4 is 16.4 Å². The van der Waals surface area contributed by atoms with Crippen molar-refractivity contribution in [3.8, 4) is 0 Å². The van der Waals surface area contributed by atoms with Crippen LogP contribution in [0, 0.1) is 22.7 Å². The predicted octanol–water partition coefficient (Wildman–Crippen LogP) is 5.75. The van der Waals surface area contributed by atoms with Crippen LogP contribution in [0.5, 0.6) is 0 Å². The predicted molar refractivity (Wildman–Crippen MR) is 209 cm³/mol. The molecule has 0 unspecified atom stereocenters. The highest BCUT2D eigenvalue weighted by molar-refractivity contribution is 7.54. The number of allylic oxidation sites excluding steroid dienone is 1. The summed E-state index contributed by atoms with van der Waals surface area (Å²) in [5.74, 6) is -3.23. The summed E-state index contributed by atoms with van der Waals surface area (Å²) in [7, 11) is -5.54. The Labute approximate surface area is 339 Å². The number of esters is 2. The summed E-state index contributed by atoms with van der Waals surface area (Å²) in [5, 5.41) is 5.66. The molecule has 58 heavy (non-hydrogen) atoms. The Bertz CT molecular complexity index is 1720. The van der Waals surface area contributed by atoms with Crippen LogP contribution in [0.15, 0.2) is 30.3 Å². The molecule has 0 aromatic heterocycles. The van der Waals surface area contributed by atoms with Gasteiger partial charge in [0.25, 0.3) is 0 Å². The Kier molecular flexibility index (Phi) is 16.4. The second-order valence-corrected chi connectivity index (χ2v) is 19.1. The maximum Gasteiger partial charge on any atom is 0.410 e. The lowest BCUT2D eigenvalue weighted by molar-refractivity contribution is -0.163. The molecule has 1 heterocycles. The van der Waals surface area contributed by atoms with Gasteiger partial charge in [-0.05, 0) is 97.6 Å². The van der Waals surface area contributed by atoms with Crippen LogP contribution >= 0.6 is 7.60 Å². The van der Waals surface area contributed by atoms with E-state index in [1.165, 1.54) is 64.7 Å². The third-order valence-electron chi connectivity index (χ3n) is 9.80. The van der Waals surface area contributed by atoms with Crippen molar-refractivity contribution in [2.45, 2.75) is 125 Å². The van der Waals surface area contributed by atoms with Gasteiger partial charge >= 0.3 is 25.2 Å². The zero-order valence-corrected chi connectivity index (χ0v) is 35.8. The number of carbonyl (C=O) groups excluding carboxylic acids is 6. The summed E-state index contributed by atoms with van der Waals surface area (Å²) in [6.45, 7) is 12.5. The molecule has 0 bridgehead atoms. The molecule has 1 aromatic rings. The van der Waals surface area contributed by atoms with Crippen molar-refractivity contribution >= 4 is 48.7 Å². The van der Waals surface area contributed by atoms with E-state index >= 15 is 8.78 Å². The molecule has 2 aliphatic rings. The smallest absolute Gasteiger partial charge is 0.410 e. The summed E-state index contributed by atoms with van der Waals surface area (Å²) in [5.41, 5.74) is -1.26. The number of benzene rings is 1. The Morgan fingerprint density at radius 1 is 0.931 bits per heavy atom. The van der Waals surface area contributed by atoms with E-state index in [2.05, 4.69) is 10.6 Å². The number of hydrogen-bond acceptors (Lipinski definition) is 11. The van der Waals surface area contributed by atoms with Crippen LogP contribution in [0.3, 0.4) is 0 Å². The van der Waals surface area contributed by atoms with E-state index < -0.39 is 79.1 Å². The Balaban J connectivity index is 1.76. The highest BCUT2D eigenvalue weighted by atomic mass is 31.2. The largest absolute Gasteiger partial charge is 0.438 e. The van der Waals surface area contributed by atoms with Gasteiger partial charge in [-0.3, -0.25) is 42.4 Å². The first-order valence-corrected chi connectivity index (χ1v) is 21.0. The van der Waals surface area contributed by atoms with E-state index in [9.17, 15) is 33.3 Å². The molecule has 0 spiro atoms. The minimum atomic E-state index is -5.54. The molecule has 15 nitrogen and oxygen atoms in total. The van der Waals surface area contributed by atoms with Gasteiger partial charge in [-0.2, -0.15) is 8.78 Å². The number of hydrogen-bond donors (Lipinski definition) is 3. The fourth-order valence-electron chi connectivity index (χ4n) is 6.17. The number of nitrogens with two attached hydrogens (primary N) is 1. The van der Waals surface area contributed by atoms with Crippen molar-refractivity contribution in [3.63, 3.8) is 0 Å². The molecule has 324 valence electrons. The van der Waals surface area contributed by atoms with Crippen LogP contribution in [0.1, 0.15) is 112 Å². The Hall–Kier alpha value is -4.21. The molecule has 2 fully saturated rings. The van der Waals surface area contributed by atoms with Gasteiger partial charge in [-0.25, -0.2) is 0 Å². The maximum atomic E-state index is 16.0. The standard InChI is InChI=1S/C40H59F2N4O11P/c1-10-11-12-30(35(50)46-21-27-20-29(27)33(46)34(49)44-25(3)13-18-31(43)47)45-32(48)19-24(2)26-14-16-28(17-15-26)40(41,42)58(53,56-22-54-36(51)38(4,5)6)57-23-55-37(52)39(7,8)9/h14-17,19,25,27,29-30,33H,10-13,18,20-23H2,1-9H3,(H2,43,47)(H,44,49)(H,45,48)/b24-19+/t25-,27+,29+,30+,33-/m1/s1. The molecular weight excluding hydrogens is 781 g/mol. The van der Waals surface area contributed by atoms with Crippen molar-refractivity contribution in [3.05, 3.63) is 41.5 Å². The van der Waals surface area contributed by atoms with Gasteiger partial charge in [-0.1, -0.05) is 44.0 Å². The van der Waals surface area contributed by atoms with E-state index in [-0.39, 0.29) is 36.1 Å². The van der Waals surface area contributed by atoms with Gasteiger partial charge in [-0.15, -0.1) is 0 Å². The molecule has 1 saturated heterocycles. The maximum absolute atomic E-state index is 16.0. The van der Waals surface area contributed by atoms with Crippen molar-refractivity contribution in [2.24, 2.45) is 28.4 Å². The second kappa shape index (κ2) is 19.7. The van der Waals surface area contributed by atoms with E-state index in [0.717, 1.165) is 25.0 Å². The number of nitrogens with one attached hydrogen (secondary N) is 2. The summed E-state index contributed by atoms with van der Waals surface area (Å²) < 4.78 is 65.2. The fourth-order valence-corrected chi connectivity index (χ4v) is 7.42. The van der Waals surface area contributed by atoms with Gasteiger partial charge < -0.3 is 30.7 Å². The van der Waals surface area contributed by atoms with Crippen LogP contribution in [0.4, 0.5) is 8.78 Å². The van der Waals surface area contributed by atoms with Crippen molar-refractivity contribution in [2.75, 3.05) is 20.1 Å². The normalized spacial score (nSPS) is 19.4. The number of primary amides is 1. The molecule has 1 aliphatic heterocycles. The van der Waals surface area contributed by atoms with Gasteiger partial charge in [0.05, 0.1) is 10.8 Å². The first-order valence-electron chi connectivity index (χ1n) is 19.4. The van der Waals surface area contributed by atoms with Gasteiger partial charge in [0.15, 0.2) is 0 Å². The number of likely N-dealkylation sites (tertiary alicyclic amines) is 1. The van der Waals surface area contributed by atoms with Crippen LogP contribution in [0.2, 0.25) is 0 Å². The molecule has 1 aliphatic carbocycles. The summed E-state index contributed by atoms with van der Waals surface area (Å²) >= 11 is 0. The number of piperidine rings is 1. The van der Waals surface area contributed by atoms with Crippen molar-refractivity contribution < 1.29 is 60.6 Å². The summed E-state index contributed by atoms with van der Waals surface area (Å²) in [6, 6.07) is 2.46. The highest BCUT2D eigenvalue weighted by Crippen LogP contribution is 2.67. The van der Waals surface area contributed by atoms with Crippen molar-refractivity contribution in [1.82, 2.24) is 15.5 Å². The van der Waals surface area contributed by atoms with Crippen LogP contribution in [0.25, 0.3) is 5.57 Å². The average Bonchev–Trinajstić information content (AvgIpc) is 3.79. The number of alkyl halides is 2. The lowest BCUT2D eigenvalue weighted by Crippen LogP contribution is -2.55. The third kappa shape index (κ3) is 12.9. The molecule has 1 saturated carbocycles. The topological polar surface area (TPSA) is 210 Å². The number of halogens is 2. The number of fused-ring (bicyclic) bond motifs is 1. The minimum Gasteiger partial charge on any atom is -0.438 e. The van der Waals surface area contributed by atoms with E-state index in [1.54, 1.807) is 13.8 Å². The number of unbranched alkanes of at least 4 members (excludes halogenated alkanes) is 1. The van der Waals surface area contributed by atoms with Gasteiger partial charge in [0.2, 0.25) is 37.2 Å². The number of rotatable bonds is 20. The first kappa shape index (κ1) is 48.2. The Morgan fingerprint density at radius 2 is 1.48 bits per heavy atom. The molecular formula is C40H59F2N4O11P. The number of nitrogens with zero attached hydrogens (tertiary/aromatic N) is 1. The fraction of sp³-hybridized carbons (Fsp3) is 0.650. The third-order valence-corrected chi connectivity index (χ3v) is 11.6. The van der Waals surface area contributed by atoms with Crippen LogP contribution in [-0.2, 0) is 57.5 Å². The molecule has 5 atom stereocenters. The molecule has 18 heteroatoms. The molecule has 0 radical (unpaired) electrons. The van der Waals surface area contributed by atoms with E-state index in [0.29, 0.717) is 36.9 Å². The van der Waals surface area contributed by atoms with Crippen molar-refractivity contribution in [1.29, 1.82) is 0 Å². The number of carbonyl (C=O) groups is 6. The van der Waals surface area contributed by atoms with Gasteiger partial charge in [0.1, 0.15) is 12.1 Å². The molecule has 3 rings (SSSR count). The highest BCUT2D eigenvalue weighted by Gasteiger charge is 2.58. The second-order valence-electron chi connectivity index (χ2n) is 17.0. The summed E-state index contributed by atoms with van der Waals surface area (Å²) in [6.07, 6.45) is 4.18. The number of amides is 4. The SMILES string of the molecule is CCCC[C@H](NC(=O)/C=C(\C)c1ccc(C(F)(F)P(=O)(OCOC(=O)C(C)(C)C)OCOC(=O)C(C)(C)C)cc1)C(=O)N1C[C@@H]2C[C@@H]2[C@@H]1C(=O)N[C@H](C)CCC(N)=O.